The van der Waals surface area contributed by atoms with E-state index in [9.17, 15) is 0 Å². The third kappa shape index (κ3) is 8.74. The van der Waals surface area contributed by atoms with Crippen LogP contribution in [0.15, 0.2) is 12.1 Å². The molecule has 150 valence electrons. The van der Waals surface area contributed by atoms with Gasteiger partial charge in [-0.2, -0.15) is 0 Å². The molecule has 0 heteroatoms. The van der Waals surface area contributed by atoms with E-state index in [1.54, 1.807) is 22.3 Å². The van der Waals surface area contributed by atoms with Crippen LogP contribution in [0.4, 0.5) is 0 Å². The summed E-state index contributed by atoms with van der Waals surface area (Å²) in [4.78, 5) is 0. The summed E-state index contributed by atoms with van der Waals surface area (Å²) < 4.78 is 0. The Morgan fingerprint density at radius 1 is 0.423 bits per heavy atom. The Bertz CT molecular complexity index is 457. The minimum atomic E-state index is 1.28. The SMILES string of the molecule is CCCCCCCCc1ccc(CCCC)c(CCCC)c1CCCC. The lowest BCUT2D eigenvalue weighted by Gasteiger charge is -2.19. The summed E-state index contributed by atoms with van der Waals surface area (Å²) in [6.45, 7) is 9.28. The lowest BCUT2D eigenvalue weighted by Crippen LogP contribution is -2.06. The van der Waals surface area contributed by atoms with Crippen molar-refractivity contribution < 1.29 is 0 Å². The van der Waals surface area contributed by atoms with Crippen LogP contribution in [0.2, 0.25) is 0 Å². The second kappa shape index (κ2) is 15.3. The van der Waals surface area contributed by atoms with E-state index in [-0.39, 0.29) is 0 Å². The molecule has 0 nitrogen and oxygen atoms in total. The monoisotopic (exact) mass is 358 g/mol. The first-order valence-electron chi connectivity index (χ1n) is 11.9. The zero-order valence-electron chi connectivity index (χ0n) is 18.5. The van der Waals surface area contributed by atoms with E-state index in [1.807, 2.05) is 0 Å². The highest BCUT2D eigenvalue weighted by atomic mass is 14.2. The van der Waals surface area contributed by atoms with Gasteiger partial charge in [-0.05, 0) is 73.6 Å². The molecule has 0 saturated carbocycles. The summed E-state index contributed by atoms with van der Waals surface area (Å²) in [7, 11) is 0. The molecule has 0 aliphatic carbocycles. The Balaban J connectivity index is 2.87. The quantitative estimate of drug-likeness (QED) is 0.259. The average molecular weight is 359 g/mol. The van der Waals surface area contributed by atoms with Crippen molar-refractivity contribution in [3.8, 4) is 0 Å². The number of hydrogen-bond donors (Lipinski definition) is 0. The topological polar surface area (TPSA) is 0 Å². The Hall–Kier alpha value is -0.780. The van der Waals surface area contributed by atoms with Gasteiger partial charge in [0, 0.05) is 0 Å². The van der Waals surface area contributed by atoms with Crippen LogP contribution >= 0.6 is 0 Å². The molecule has 0 aromatic heterocycles. The molecule has 0 bridgehead atoms. The van der Waals surface area contributed by atoms with E-state index in [4.69, 9.17) is 0 Å². The smallest absolute Gasteiger partial charge is 0.0273 e. The van der Waals surface area contributed by atoms with Crippen molar-refractivity contribution in [2.24, 2.45) is 0 Å². The van der Waals surface area contributed by atoms with Crippen LogP contribution in [0, 0.1) is 0 Å². The van der Waals surface area contributed by atoms with E-state index in [0.29, 0.717) is 0 Å². The lowest BCUT2D eigenvalue weighted by atomic mass is 9.86. The molecule has 0 aliphatic rings. The van der Waals surface area contributed by atoms with Gasteiger partial charge in [0.15, 0.2) is 0 Å². The van der Waals surface area contributed by atoms with Gasteiger partial charge in [0.05, 0.1) is 0 Å². The van der Waals surface area contributed by atoms with Crippen LogP contribution in [0.25, 0.3) is 0 Å². The van der Waals surface area contributed by atoms with E-state index in [0.717, 1.165) is 0 Å². The average Bonchev–Trinajstić information content (AvgIpc) is 2.66. The molecule has 1 aromatic rings. The molecule has 0 unspecified atom stereocenters. The predicted octanol–water partition coefficient (Wildman–Crippen LogP) is 8.62. The van der Waals surface area contributed by atoms with E-state index in [1.165, 1.54) is 103 Å². The van der Waals surface area contributed by atoms with Crippen LogP contribution in [0.3, 0.4) is 0 Å². The fourth-order valence-corrected chi connectivity index (χ4v) is 4.05. The highest BCUT2D eigenvalue weighted by Crippen LogP contribution is 2.27. The first-order chi connectivity index (χ1) is 12.8. The maximum absolute atomic E-state index is 2.50. The number of unbranched alkanes of at least 4 members (excludes halogenated alkanes) is 8. The van der Waals surface area contributed by atoms with Gasteiger partial charge in [-0.3, -0.25) is 0 Å². The summed E-state index contributed by atoms with van der Waals surface area (Å²) in [5.41, 5.74) is 6.85. The van der Waals surface area contributed by atoms with Gasteiger partial charge in [-0.15, -0.1) is 0 Å². The molecule has 26 heavy (non-hydrogen) atoms. The molecule has 0 atom stereocenters. The van der Waals surface area contributed by atoms with Crippen molar-refractivity contribution in [1.82, 2.24) is 0 Å². The molecule has 0 fully saturated rings. The minimum absolute atomic E-state index is 1.28. The minimum Gasteiger partial charge on any atom is -0.0654 e. The zero-order chi connectivity index (χ0) is 19.0. The standard InChI is InChI=1S/C26H46/c1-5-9-13-14-15-16-18-24-22-21-23(17-10-6-2)25(19-11-7-3)26(24)20-12-8-4/h21-22H,5-20H2,1-4H3. The number of aryl methyl sites for hydroxylation is 2. The number of benzene rings is 1. The molecular weight excluding hydrogens is 312 g/mol. The third-order valence-electron chi connectivity index (χ3n) is 5.79. The van der Waals surface area contributed by atoms with Gasteiger partial charge in [0.2, 0.25) is 0 Å². The van der Waals surface area contributed by atoms with Crippen molar-refractivity contribution >= 4 is 0 Å². The van der Waals surface area contributed by atoms with Gasteiger partial charge >= 0.3 is 0 Å². The van der Waals surface area contributed by atoms with E-state index in [2.05, 4.69) is 39.8 Å². The van der Waals surface area contributed by atoms with Crippen molar-refractivity contribution in [3.05, 3.63) is 34.4 Å². The molecule has 1 aromatic carbocycles. The summed E-state index contributed by atoms with van der Waals surface area (Å²) >= 11 is 0. The molecule has 0 spiro atoms. The van der Waals surface area contributed by atoms with Crippen molar-refractivity contribution in [1.29, 1.82) is 0 Å². The van der Waals surface area contributed by atoms with Gasteiger partial charge in [0.25, 0.3) is 0 Å². The van der Waals surface area contributed by atoms with Crippen LogP contribution in [0.5, 0.6) is 0 Å². The normalized spacial score (nSPS) is 11.2. The molecule has 1 rings (SSSR count). The summed E-state index contributed by atoms with van der Waals surface area (Å²) in [5.74, 6) is 0. The Kier molecular flexibility index (Phi) is 13.7. The summed E-state index contributed by atoms with van der Waals surface area (Å²) in [6, 6.07) is 4.99. The molecular formula is C26H46. The molecule has 0 saturated heterocycles. The van der Waals surface area contributed by atoms with Crippen LogP contribution in [-0.4, -0.2) is 0 Å². The van der Waals surface area contributed by atoms with Crippen molar-refractivity contribution in [3.63, 3.8) is 0 Å². The van der Waals surface area contributed by atoms with Crippen molar-refractivity contribution in [2.45, 2.75) is 130 Å². The fraction of sp³-hybridized carbons (Fsp3) is 0.769. The summed E-state index contributed by atoms with van der Waals surface area (Å²) in [6.07, 6.45) is 21.6. The highest BCUT2D eigenvalue weighted by molar-refractivity contribution is 5.42. The molecule has 0 N–H and O–H groups in total. The molecule has 0 radical (unpaired) electrons. The van der Waals surface area contributed by atoms with Gasteiger partial charge in [-0.1, -0.05) is 91.2 Å². The fourth-order valence-electron chi connectivity index (χ4n) is 4.05. The first kappa shape index (κ1) is 23.3. The maximum atomic E-state index is 2.50. The summed E-state index contributed by atoms with van der Waals surface area (Å²) in [5, 5.41) is 0. The van der Waals surface area contributed by atoms with Crippen LogP contribution in [-0.2, 0) is 25.7 Å². The van der Waals surface area contributed by atoms with E-state index >= 15 is 0 Å². The number of hydrogen-bond acceptors (Lipinski definition) is 0. The second-order valence-corrected chi connectivity index (χ2v) is 8.17. The maximum Gasteiger partial charge on any atom is -0.0273 e. The van der Waals surface area contributed by atoms with Crippen molar-refractivity contribution in [2.75, 3.05) is 0 Å². The Morgan fingerprint density at radius 2 is 0.808 bits per heavy atom. The second-order valence-electron chi connectivity index (χ2n) is 8.17. The number of rotatable bonds is 16. The largest absolute Gasteiger partial charge is 0.0654 e. The van der Waals surface area contributed by atoms with Gasteiger partial charge in [0.1, 0.15) is 0 Å². The van der Waals surface area contributed by atoms with Gasteiger partial charge < -0.3 is 0 Å². The Morgan fingerprint density at radius 3 is 1.31 bits per heavy atom. The lowest BCUT2D eigenvalue weighted by molar-refractivity contribution is 0.605. The molecule has 0 amide bonds. The zero-order valence-corrected chi connectivity index (χ0v) is 18.5. The van der Waals surface area contributed by atoms with E-state index < -0.39 is 0 Å². The Labute approximate surface area is 165 Å². The molecule has 0 heterocycles. The van der Waals surface area contributed by atoms with Crippen LogP contribution in [0.1, 0.15) is 127 Å². The first-order valence-corrected chi connectivity index (χ1v) is 11.9. The predicted molar refractivity (Wildman–Crippen MR) is 119 cm³/mol. The highest BCUT2D eigenvalue weighted by Gasteiger charge is 2.13. The van der Waals surface area contributed by atoms with Gasteiger partial charge in [-0.25, -0.2) is 0 Å². The third-order valence-corrected chi connectivity index (χ3v) is 5.79. The van der Waals surface area contributed by atoms with Crippen LogP contribution < -0.4 is 0 Å². The molecule has 0 aliphatic heterocycles.